The van der Waals surface area contributed by atoms with Crippen molar-refractivity contribution in [2.45, 2.75) is 95.0 Å². The number of nitrogens with two attached hydrogens (primary N) is 1. The van der Waals surface area contributed by atoms with Gasteiger partial charge in [-0.15, -0.1) is 0 Å². The Hall–Kier alpha value is -2.31. The van der Waals surface area contributed by atoms with Gasteiger partial charge in [-0.3, -0.25) is 4.79 Å². The molecule has 3 N–H and O–H groups in total. The van der Waals surface area contributed by atoms with Gasteiger partial charge in [0.1, 0.15) is 5.82 Å². The molecule has 43 heavy (non-hydrogen) atoms. The third kappa shape index (κ3) is 7.33. The van der Waals surface area contributed by atoms with Gasteiger partial charge in [0.2, 0.25) is 10.0 Å². The quantitative estimate of drug-likeness (QED) is 0.435. The molecule has 2 unspecified atom stereocenters. The van der Waals surface area contributed by atoms with Crippen LogP contribution >= 0.6 is 0 Å². The number of hydrogen-bond donors (Lipinski definition) is 2. The number of rotatable bonds is 9. The molecule has 0 radical (unpaired) electrons. The summed E-state index contributed by atoms with van der Waals surface area (Å²) in [4.78, 5) is 13.8. The first-order chi connectivity index (χ1) is 20.4. The molecule has 0 saturated carbocycles. The summed E-state index contributed by atoms with van der Waals surface area (Å²) in [6, 6.07) is 7.17. The predicted octanol–water partition coefficient (Wildman–Crippen LogP) is 4.23. The first kappa shape index (κ1) is 32.1. The van der Waals surface area contributed by atoms with E-state index in [1.807, 2.05) is 13.8 Å². The number of benzene rings is 2. The first-order valence-electron chi connectivity index (χ1n) is 15.3. The fourth-order valence-electron chi connectivity index (χ4n) is 7.34. The summed E-state index contributed by atoms with van der Waals surface area (Å²) in [7, 11) is -3.44. The van der Waals surface area contributed by atoms with Crippen molar-refractivity contribution in [2.75, 3.05) is 18.8 Å². The summed E-state index contributed by atoms with van der Waals surface area (Å²) in [5.41, 5.74) is 7.84. The fourth-order valence-corrected chi connectivity index (χ4v) is 9.14. The zero-order valence-electron chi connectivity index (χ0n) is 24.8. The lowest BCUT2D eigenvalue weighted by molar-refractivity contribution is -0.121. The molecule has 11 heteroatoms. The molecule has 0 spiro atoms. The van der Waals surface area contributed by atoms with Gasteiger partial charge < -0.3 is 15.8 Å². The van der Waals surface area contributed by atoms with E-state index < -0.39 is 39.7 Å². The number of ether oxygens (including phenoxy) is 1. The molecule has 3 aliphatic heterocycles. The van der Waals surface area contributed by atoms with Gasteiger partial charge in [0.05, 0.1) is 24.0 Å². The maximum Gasteiger partial charge on any atom is 0.214 e. The lowest BCUT2D eigenvalue weighted by Crippen LogP contribution is -2.57. The van der Waals surface area contributed by atoms with Gasteiger partial charge in [0.15, 0.2) is 17.4 Å². The minimum absolute atomic E-state index is 0.00536. The molecule has 2 bridgehead atoms. The zero-order valence-corrected chi connectivity index (χ0v) is 25.6. The number of hydrogen-bond acceptors (Lipinski definition) is 6. The van der Waals surface area contributed by atoms with Crippen LogP contribution in [-0.4, -0.2) is 67.7 Å². The molecule has 3 fully saturated rings. The molecule has 3 heterocycles. The van der Waals surface area contributed by atoms with Crippen LogP contribution in [0, 0.1) is 23.4 Å². The van der Waals surface area contributed by atoms with Gasteiger partial charge in [0.25, 0.3) is 0 Å². The van der Waals surface area contributed by atoms with E-state index >= 15 is 4.39 Å². The number of ketones is 1. The van der Waals surface area contributed by atoms with Crippen molar-refractivity contribution in [1.82, 2.24) is 9.62 Å². The highest BCUT2D eigenvalue weighted by Crippen LogP contribution is 2.39. The van der Waals surface area contributed by atoms with Crippen LogP contribution in [0.3, 0.4) is 0 Å². The van der Waals surface area contributed by atoms with Crippen LogP contribution in [0.2, 0.25) is 0 Å². The number of Topliss-reactive ketones (excluding diaryl/α,β-unsaturated/α-hetero) is 1. The maximum atomic E-state index is 15.3. The number of nitrogens with one attached hydrogen (secondary N) is 1. The fraction of sp³-hybridized carbons (Fsp3) is 0.594. The number of carbonyl (C=O) groups is 1. The van der Waals surface area contributed by atoms with E-state index in [0.717, 1.165) is 18.1 Å². The van der Waals surface area contributed by atoms with E-state index in [-0.39, 0.29) is 66.3 Å². The molecule has 0 amide bonds. The molecule has 3 saturated heterocycles. The Morgan fingerprint density at radius 1 is 1.09 bits per heavy atom. The summed E-state index contributed by atoms with van der Waals surface area (Å²) >= 11 is 0. The number of sulfonamides is 1. The third-order valence-corrected chi connectivity index (χ3v) is 11.4. The number of nitrogens with zero attached hydrogens (tertiary/aromatic N) is 1. The largest absolute Gasteiger partial charge is 0.376 e. The molecule has 0 aliphatic carbocycles. The highest BCUT2D eigenvalue weighted by atomic mass is 32.2. The third-order valence-electron chi connectivity index (χ3n) is 9.40. The molecule has 3 aliphatic rings. The summed E-state index contributed by atoms with van der Waals surface area (Å²) in [6.45, 7) is 4.75. The topological polar surface area (TPSA) is 102 Å². The second-order valence-corrected chi connectivity index (χ2v) is 14.6. The van der Waals surface area contributed by atoms with Crippen LogP contribution in [0.25, 0.3) is 0 Å². The van der Waals surface area contributed by atoms with E-state index in [1.54, 1.807) is 12.1 Å². The minimum atomic E-state index is -3.44. The number of fused-ring (bicyclic) bond motifs is 2. The standard InChI is InChI=1S/C32H42F3N3O4S/c1-19-14-23(15-20(2)42-19)30(21-5-8-24(33)9-6-21)32(36)29(39)16-22-7-12-28(34)31(35)27(22)11-10-26-17-37-25-4-3-13-43(40,41)38(26)18-25/h5-9,12,19-20,23,25-26,30,32,37H,3-4,10-11,13-18,36H2,1-2H3/t19-,20+,23?,25-,26+,30+,32-/m1/s1. The van der Waals surface area contributed by atoms with E-state index in [2.05, 4.69) is 5.32 Å². The Morgan fingerprint density at radius 3 is 2.49 bits per heavy atom. The van der Waals surface area contributed by atoms with Crippen LogP contribution < -0.4 is 11.1 Å². The second-order valence-electron chi connectivity index (χ2n) is 12.6. The van der Waals surface area contributed by atoms with E-state index in [9.17, 15) is 22.0 Å². The van der Waals surface area contributed by atoms with Gasteiger partial charge >= 0.3 is 0 Å². The van der Waals surface area contributed by atoms with E-state index in [0.29, 0.717) is 37.9 Å². The molecule has 2 aromatic carbocycles. The average molecular weight is 622 g/mol. The van der Waals surface area contributed by atoms with Crippen molar-refractivity contribution in [1.29, 1.82) is 0 Å². The minimum Gasteiger partial charge on any atom is -0.376 e. The molecule has 236 valence electrons. The highest BCUT2D eigenvalue weighted by Gasteiger charge is 2.39. The summed E-state index contributed by atoms with van der Waals surface area (Å²) in [6.07, 6.45) is 2.80. The second kappa shape index (κ2) is 13.4. The predicted molar refractivity (Wildman–Crippen MR) is 159 cm³/mol. The number of halogens is 3. The highest BCUT2D eigenvalue weighted by molar-refractivity contribution is 7.89. The molecular formula is C32H42F3N3O4S. The molecule has 0 aromatic heterocycles. The SMILES string of the molecule is C[C@@H]1CC([C@H](c2ccc(F)cc2)[C@H](N)C(=O)Cc2ccc(F)c(F)c2CC[C@H]2CN[C@@H]3CCCS(=O)(=O)N2C3)C[C@H](C)O1. The van der Waals surface area contributed by atoms with Crippen molar-refractivity contribution >= 4 is 15.8 Å². The lowest BCUT2D eigenvalue weighted by atomic mass is 9.73. The number of piperazine rings is 1. The average Bonchev–Trinajstić information content (AvgIpc) is 3.07. The van der Waals surface area contributed by atoms with Gasteiger partial charge in [-0.05, 0) is 93.2 Å². The first-order valence-corrected chi connectivity index (χ1v) is 16.9. The molecule has 2 aromatic rings. The van der Waals surface area contributed by atoms with Crippen LogP contribution in [0.5, 0.6) is 0 Å². The Bertz CT molecular complexity index is 1400. The normalized spacial score (nSPS) is 30.3. The number of carbonyl (C=O) groups excluding carboxylic acids is 1. The summed E-state index contributed by atoms with van der Waals surface area (Å²) in [5, 5.41) is 3.39. The van der Waals surface area contributed by atoms with Crippen LogP contribution in [0.4, 0.5) is 13.2 Å². The van der Waals surface area contributed by atoms with Crippen molar-refractivity contribution < 1.29 is 31.1 Å². The molecule has 8 atom stereocenters. The van der Waals surface area contributed by atoms with Crippen LogP contribution in [-0.2, 0) is 32.4 Å². The lowest BCUT2D eigenvalue weighted by Gasteiger charge is -2.39. The summed E-state index contributed by atoms with van der Waals surface area (Å²) in [5.74, 6) is -3.09. The molecular weight excluding hydrogens is 579 g/mol. The zero-order chi connectivity index (χ0) is 30.9. The van der Waals surface area contributed by atoms with Crippen molar-refractivity contribution in [2.24, 2.45) is 11.7 Å². The van der Waals surface area contributed by atoms with Crippen molar-refractivity contribution in [3.8, 4) is 0 Å². The molecule has 7 nitrogen and oxygen atoms in total. The van der Waals surface area contributed by atoms with Crippen molar-refractivity contribution in [3.63, 3.8) is 0 Å². The van der Waals surface area contributed by atoms with E-state index in [4.69, 9.17) is 10.5 Å². The summed E-state index contributed by atoms with van der Waals surface area (Å²) < 4.78 is 76.7. The Morgan fingerprint density at radius 2 is 1.79 bits per heavy atom. The van der Waals surface area contributed by atoms with Crippen molar-refractivity contribution in [3.05, 3.63) is 70.5 Å². The Kier molecular flexibility index (Phi) is 9.97. The maximum absolute atomic E-state index is 15.3. The van der Waals surface area contributed by atoms with Crippen LogP contribution in [0.1, 0.15) is 68.6 Å². The smallest absolute Gasteiger partial charge is 0.214 e. The van der Waals surface area contributed by atoms with Gasteiger partial charge in [0, 0.05) is 37.5 Å². The van der Waals surface area contributed by atoms with Gasteiger partial charge in [-0.25, -0.2) is 21.6 Å². The van der Waals surface area contributed by atoms with E-state index in [1.165, 1.54) is 22.5 Å². The molecule has 5 rings (SSSR count). The Labute approximate surface area is 252 Å². The van der Waals surface area contributed by atoms with Crippen LogP contribution in [0.15, 0.2) is 36.4 Å². The van der Waals surface area contributed by atoms with Gasteiger partial charge in [-0.1, -0.05) is 18.2 Å². The Balaban J connectivity index is 1.37. The van der Waals surface area contributed by atoms with Gasteiger partial charge in [-0.2, -0.15) is 4.31 Å². The monoisotopic (exact) mass is 621 g/mol.